The molecular formula is C33H54N2O4. The minimum Gasteiger partial charge on any atom is -0.507 e. The highest BCUT2D eigenvalue weighted by Crippen LogP contribution is 2.40. The molecule has 1 heterocycles. The van der Waals surface area contributed by atoms with Crippen molar-refractivity contribution in [3.05, 3.63) is 40.5 Å². The normalized spacial score (nSPS) is 12.3. The van der Waals surface area contributed by atoms with E-state index >= 15 is 0 Å². The third kappa shape index (κ3) is 10.1. The standard InChI is InChI=1S/C33H54N2O4/c1-23(2)16-14-12-10-9-11-13-15-17-25-22-29(37)35(31(25)39)34-28(36)19-18-24-20-26(32(3,4)5)30(38)27(21-24)33(6,7)8/h20-23,37-39H,9-19H2,1-8H3,(H,34,36). The van der Waals surface area contributed by atoms with Crippen molar-refractivity contribution in [2.45, 2.75) is 137 Å². The van der Waals surface area contributed by atoms with Crippen LogP contribution in [0.4, 0.5) is 0 Å². The number of phenolic OH excluding ortho intramolecular Hbond substituents is 1. The van der Waals surface area contributed by atoms with Gasteiger partial charge in [0.15, 0.2) is 0 Å². The van der Waals surface area contributed by atoms with Crippen LogP contribution >= 0.6 is 0 Å². The van der Waals surface area contributed by atoms with Crippen molar-refractivity contribution in [3.63, 3.8) is 0 Å². The van der Waals surface area contributed by atoms with Crippen LogP contribution < -0.4 is 5.43 Å². The summed E-state index contributed by atoms with van der Waals surface area (Å²) >= 11 is 0. The molecule has 220 valence electrons. The van der Waals surface area contributed by atoms with E-state index in [4.69, 9.17) is 0 Å². The van der Waals surface area contributed by atoms with Crippen molar-refractivity contribution >= 4 is 5.91 Å². The van der Waals surface area contributed by atoms with Gasteiger partial charge in [-0.2, -0.15) is 4.68 Å². The number of phenols is 1. The van der Waals surface area contributed by atoms with Crippen LogP contribution in [0.25, 0.3) is 0 Å². The Morgan fingerprint density at radius 2 is 1.31 bits per heavy atom. The molecule has 6 heteroatoms. The molecule has 0 saturated carbocycles. The van der Waals surface area contributed by atoms with Crippen LogP contribution in [0.5, 0.6) is 17.5 Å². The van der Waals surface area contributed by atoms with E-state index in [2.05, 4.69) is 60.8 Å². The van der Waals surface area contributed by atoms with Crippen molar-refractivity contribution < 1.29 is 20.1 Å². The number of aryl methyl sites for hydroxylation is 2. The summed E-state index contributed by atoms with van der Waals surface area (Å²) in [6.45, 7) is 16.9. The summed E-state index contributed by atoms with van der Waals surface area (Å²) < 4.78 is 1.07. The zero-order valence-corrected chi connectivity index (χ0v) is 25.8. The number of hydrogen-bond acceptors (Lipinski definition) is 4. The maximum Gasteiger partial charge on any atom is 0.239 e. The van der Waals surface area contributed by atoms with Crippen LogP contribution in [-0.4, -0.2) is 25.9 Å². The molecule has 0 atom stereocenters. The lowest BCUT2D eigenvalue weighted by Crippen LogP contribution is -2.23. The Morgan fingerprint density at radius 3 is 1.82 bits per heavy atom. The average molecular weight is 543 g/mol. The summed E-state index contributed by atoms with van der Waals surface area (Å²) in [7, 11) is 0. The van der Waals surface area contributed by atoms with Gasteiger partial charge >= 0.3 is 0 Å². The second-order valence-electron chi connectivity index (χ2n) is 13.7. The Morgan fingerprint density at radius 1 is 0.795 bits per heavy atom. The third-order valence-corrected chi connectivity index (χ3v) is 7.42. The molecule has 0 spiro atoms. The predicted octanol–water partition coefficient (Wildman–Crippen LogP) is 8.22. The molecule has 1 aromatic heterocycles. The first-order valence-electron chi connectivity index (χ1n) is 14.9. The van der Waals surface area contributed by atoms with E-state index in [0.29, 0.717) is 24.2 Å². The number of nitrogens with one attached hydrogen (secondary N) is 1. The van der Waals surface area contributed by atoms with E-state index in [1.54, 1.807) is 0 Å². The van der Waals surface area contributed by atoms with Gasteiger partial charge < -0.3 is 15.3 Å². The minimum atomic E-state index is -0.303. The molecule has 1 aromatic carbocycles. The molecule has 2 rings (SSSR count). The maximum atomic E-state index is 12.8. The van der Waals surface area contributed by atoms with Crippen molar-refractivity contribution in [2.24, 2.45) is 5.92 Å². The van der Waals surface area contributed by atoms with Crippen LogP contribution in [0.15, 0.2) is 18.2 Å². The smallest absolute Gasteiger partial charge is 0.239 e. The highest BCUT2D eigenvalue weighted by Gasteiger charge is 2.26. The molecular weight excluding hydrogens is 488 g/mol. The van der Waals surface area contributed by atoms with Crippen LogP contribution in [0.2, 0.25) is 0 Å². The SMILES string of the molecule is CC(C)CCCCCCCCCc1cc(O)n(NC(=O)CCc2cc(C(C)(C)C)c(O)c(C(C)(C)C)c2)c1O. The number of aromatic hydroxyl groups is 3. The topological polar surface area (TPSA) is 94.7 Å². The van der Waals surface area contributed by atoms with E-state index in [0.717, 1.165) is 40.1 Å². The quantitative estimate of drug-likeness (QED) is 0.181. The summed E-state index contributed by atoms with van der Waals surface area (Å²) in [4.78, 5) is 12.8. The van der Waals surface area contributed by atoms with Gasteiger partial charge in [-0.3, -0.25) is 10.2 Å². The van der Waals surface area contributed by atoms with E-state index in [9.17, 15) is 20.1 Å². The fourth-order valence-corrected chi connectivity index (χ4v) is 5.00. The predicted molar refractivity (Wildman–Crippen MR) is 161 cm³/mol. The van der Waals surface area contributed by atoms with Crippen molar-refractivity contribution in [1.82, 2.24) is 4.68 Å². The number of nitrogens with zero attached hydrogens (tertiary/aromatic N) is 1. The van der Waals surface area contributed by atoms with Crippen LogP contribution in [0.3, 0.4) is 0 Å². The minimum absolute atomic E-state index is 0.107. The Labute approximate surface area is 236 Å². The van der Waals surface area contributed by atoms with Crippen LogP contribution in [0, 0.1) is 5.92 Å². The number of carbonyl (C=O) groups is 1. The molecule has 4 N–H and O–H groups in total. The highest BCUT2D eigenvalue weighted by molar-refractivity contribution is 5.84. The lowest BCUT2D eigenvalue weighted by atomic mass is 9.78. The second kappa shape index (κ2) is 14.1. The lowest BCUT2D eigenvalue weighted by Gasteiger charge is -2.28. The number of carbonyl (C=O) groups excluding carboxylic acids is 1. The summed E-state index contributed by atoms with van der Waals surface area (Å²) in [5.74, 6) is 0.524. The summed E-state index contributed by atoms with van der Waals surface area (Å²) in [5, 5.41) is 31.9. The third-order valence-electron chi connectivity index (χ3n) is 7.42. The van der Waals surface area contributed by atoms with Gasteiger partial charge in [-0.15, -0.1) is 0 Å². The maximum absolute atomic E-state index is 12.8. The first kappa shape index (κ1) is 32.6. The number of rotatable bonds is 14. The van der Waals surface area contributed by atoms with E-state index in [-0.39, 0.29) is 34.9 Å². The fourth-order valence-electron chi connectivity index (χ4n) is 5.00. The molecule has 0 fully saturated rings. The summed E-state index contributed by atoms with van der Waals surface area (Å²) in [6.07, 6.45) is 11.0. The number of hydrogen-bond donors (Lipinski definition) is 4. The zero-order chi connectivity index (χ0) is 29.4. The van der Waals surface area contributed by atoms with Crippen LogP contribution in [-0.2, 0) is 28.5 Å². The van der Waals surface area contributed by atoms with Gasteiger partial charge in [-0.25, -0.2) is 0 Å². The number of aromatic nitrogens is 1. The van der Waals surface area contributed by atoms with Gasteiger partial charge in [0.25, 0.3) is 0 Å². The van der Waals surface area contributed by atoms with Crippen molar-refractivity contribution in [2.75, 3.05) is 5.43 Å². The first-order chi connectivity index (χ1) is 18.1. The molecule has 0 aliphatic heterocycles. The summed E-state index contributed by atoms with van der Waals surface area (Å²) in [5.41, 5.74) is 5.50. The summed E-state index contributed by atoms with van der Waals surface area (Å²) in [6, 6.07) is 5.49. The van der Waals surface area contributed by atoms with E-state index in [1.807, 2.05) is 12.1 Å². The van der Waals surface area contributed by atoms with Gasteiger partial charge in [0.05, 0.1) is 0 Å². The molecule has 39 heavy (non-hydrogen) atoms. The second-order valence-corrected chi connectivity index (χ2v) is 13.7. The Hall–Kier alpha value is -2.63. The Kier molecular flexibility index (Phi) is 11.8. The molecule has 0 saturated heterocycles. The number of unbranched alkanes of at least 4 members (excludes halogenated alkanes) is 6. The average Bonchev–Trinajstić information content (AvgIpc) is 3.08. The molecule has 0 aliphatic rings. The van der Waals surface area contributed by atoms with Crippen molar-refractivity contribution in [3.8, 4) is 17.5 Å². The van der Waals surface area contributed by atoms with E-state index < -0.39 is 0 Å². The van der Waals surface area contributed by atoms with E-state index in [1.165, 1.54) is 44.6 Å². The Bertz CT molecular complexity index is 1040. The molecule has 6 nitrogen and oxygen atoms in total. The van der Waals surface area contributed by atoms with Gasteiger partial charge in [-0.05, 0) is 52.7 Å². The van der Waals surface area contributed by atoms with Gasteiger partial charge in [0.1, 0.15) is 5.75 Å². The molecule has 0 unspecified atom stereocenters. The monoisotopic (exact) mass is 542 g/mol. The molecule has 0 radical (unpaired) electrons. The highest BCUT2D eigenvalue weighted by atomic mass is 16.3. The first-order valence-corrected chi connectivity index (χ1v) is 14.9. The van der Waals surface area contributed by atoms with Crippen molar-refractivity contribution in [1.29, 1.82) is 0 Å². The van der Waals surface area contributed by atoms with Crippen LogP contribution in [0.1, 0.15) is 135 Å². The molecule has 2 aromatic rings. The molecule has 0 bridgehead atoms. The number of amides is 1. The molecule has 0 aliphatic carbocycles. The van der Waals surface area contributed by atoms with Gasteiger partial charge in [0, 0.05) is 18.1 Å². The van der Waals surface area contributed by atoms with Gasteiger partial charge in [-0.1, -0.05) is 112 Å². The fraction of sp³-hybridized carbons (Fsp3) is 0.667. The molecule has 1 amide bonds. The lowest BCUT2D eigenvalue weighted by molar-refractivity contribution is -0.117. The largest absolute Gasteiger partial charge is 0.507 e. The Balaban J connectivity index is 1.91. The number of benzene rings is 1. The van der Waals surface area contributed by atoms with Gasteiger partial charge in [0.2, 0.25) is 17.7 Å². The zero-order valence-electron chi connectivity index (χ0n) is 25.8.